The van der Waals surface area contributed by atoms with Crippen molar-refractivity contribution in [1.29, 1.82) is 0 Å². The van der Waals surface area contributed by atoms with Crippen LogP contribution in [0.5, 0.6) is 23.0 Å². The number of alkyl halides is 9. The predicted molar refractivity (Wildman–Crippen MR) is 287 cm³/mol. The van der Waals surface area contributed by atoms with E-state index in [1.165, 1.54) is 70.9 Å². The lowest BCUT2D eigenvalue weighted by atomic mass is 9.81. The van der Waals surface area contributed by atoms with Gasteiger partial charge in [0.2, 0.25) is 21.8 Å². The molecule has 2 aliphatic heterocycles. The highest BCUT2D eigenvalue weighted by molar-refractivity contribution is 7.88. The third-order valence-corrected chi connectivity index (χ3v) is 16.7. The molecule has 2 saturated carbocycles. The van der Waals surface area contributed by atoms with E-state index in [0.717, 1.165) is 95.0 Å². The van der Waals surface area contributed by atoms with E-state index in [1.54, 1.807) is 11.0 Å². The Bertz CT molecular complexity index is 3060. The van der Waals surface area contributed by atoms with Gasteiger partial charge in [0, 0.05) is 49.9 Å². The number of methoxy groups -OCH3 is 1. The van der Waals surface area contributed by atoms with E-state index in [0.29, 0.717) is 43.2 Å². The van der Waals surface area contributed by atoms with Crippen LogP contribution in [0.15, 0.2) is 84.9 Å². The zero-order valence-corrected chi connectivity index (χ0v) is 47.3. The van der Waals surface area contributed by atoms with Crippen molar-refractivity contribution in [2.75, 3.05) is 49.3 Å². The number of aliphatic carboxylic acids is 1. The third kappa shape index (κ3) is 17.6. The number of carboxylic acid groups (broad SMARTS) is 2. The quantitative estimate of drug-likeness (QED) is 0.0944. The first-order valence-corrected chi connectivity index (χ1v) is 29.2. The van der Waals surface area contributed by atoms with Crippen LogP contribution in [-0.4, -0.2) is 105 Å². The number of nitrogens with zero attached hydrogens (tertiary/aromatic N) is 3. The van der Waals surface area contributed by atoms with Gasteiger partial charge in [0.15, 0.2) is 0 Å². The summed E-state index contributed by atoms with van der Waals surface area (Å²) in [6.07, 6.45) is -4.50. The fourth-order valence-corrected chi connectivity index (χ4v) is 11.7. The number of ether oxygens (including phenoxy) is 3. The van der Waals surface area contributed by atoms with Crippen LogP contribution < -0.4 is 29.7 Å². The molecule has 4 fully saturated rings. The van der Waals surface area contributed by atoms with Gasteiger partial charge < -0.3 is 44.3 Å². The average molecular weight is 1220 g/mol. The summed E-state index contributed by atoms with van der Waals surface area (Å²) >= 11 is 0. The van der Waals surface area contributed by atoms with Crippen molar-refractivity contribution < 1.29 is 102 Å². The number of carboxylic acids is 2. The van der Waals surface area contributed by atoms with Gasteiger partial charge in [0.1, 0.15) is 29.0 Å². The van der Waals surface area contributed by atoms with E-state index in [2.05, 4.69) is 19.2 Å². The second kappa shape index (κ2) is 28.3. The van der Waals surface area contributed by atoms with Crippen LogP contribution in [0.4, 0.5) is 50.9 Å². The zero-order valence-electron chi connectivity index (χ0n) is 46.5. The van der Waals surface area contributed by atoms with Crippen LogP contribution in [-0.2, 0) is 41.5 Å². The highest BCUT2D eigenvalue weighted by Gasteiger charge is 2.41. The Kier molecular flexibility index (Phi) is 22.3. The molecule has 0 spiro atoms. The summed E-state index contributed by atoms with van der Waals surface area (Å²) < 4.78 is 154. The minimum atomic E-state index is -5.19. The summed E-state index contributed by atoms with van der Waals surface area (Å²) in [7, 11) is -2.18. The van der Waals surface area contributed by atoms with Crippen LogP contribution in [0, 0.1) is 23.7 Å². The van der Waals surface area contributed by atoms with Crippen molar-refractivity contribution in [3.8, 4) is 23.0 Å². The fraction of sp³-hybridized carbons (Fsp3) is 0.500. The van der Waals surface area contributed by atoms with Crippen LogP contribution in [0.1, 0.15) is 123 Å². The molecule has 4 aromatic rings. The van der Waals surface area contributed by atoms with Crippen LogP contribution in [0.2, 0.25) is 0 Å². The van der Waals surface area contributed by atoms with E-state index in [1.807, 2.05) is 0 Å². The second-order valence-corrected chi connectivity index (χ2v) is 23.4. The molecule has 460 valence electrons. The van der Waals surface area contributed by atoms with Gasteiger partial charge in [-0.1, -0.05) is 38.1 Å². The molecule has 2 heterocycles. The van der Waals surface area contributed by atoms with Gasteiger partial charge in [0.05, 0.1) is 60.1 Å². The maximum atomic E-state index is 13.9. The SMILES string of the molecule is CC1CCC(C(=O)N(c2ccc(Oc3ccccc3C(F)(F)F)cc2C(=O)O)C2CCN(S(C)(=O)=O)CC2)CC1.COC(=O)c1cc(Oc2ccccc2C(F)(F)F)ccc1N(C(=O)C1CCC(C)CC1)C1CC[NH2+]CC1.O=C([O-])C(F)(F)F. The highest BCUT2D eigenvalue weighted by atomic mass is 32.2. The van der Waals surface area contributed by atoms with Crippen molar-refractivity contribution >= 4 is 51.1 Å². The van der Waals surface area contributed by atoms with Crippen molar-refractivity contribution in [2.45, 2.75) is 122 Å². The van der Waals surface area contributed by atoms with Crippen molar-refractivity contribution in [1.82, 2.24) is 4.31 Å². The van der Waals surface area contributed by atoms with E-state index < -0.39 is 69.4 Å². The van der Waals surface area contributed by atoms with Gasteiger partial charge in [-0.05, 0) is 137 Å². The van der Waals surface area contributed by atoms with Crippen LogP contribution in [0.25, 0.3) is 0 Å². The molecule has 2 aliphatic carbocycles. The number of amides is 2. The number of sulfonamides is 1. The number of carbonyl (C=O) groups is 5. The number of benzene rings is 4. The van der Waals surface area contributed by atoms with Gasteiger partial charge in [-0.2, -0.15) is 39.5 Å². The second-order valence-electron chi connectivity index (χ2n) is 21.5. The van der Waals surface area contributed by atoms with Crippen molar-refractivity contribution in [3.05, 3.63) is 107 Å². The van der Waals surface area contributed by atoms with Gasteiger partial charge in [0.25, 0.3) is 0 Å². The Labute approximate surface area is 480 Å². The molecular formula is C58H67F9N4O12S. The standard InChI is InChI=1S/C28H33F3N2O6S.C28H33F3N2O4.C2HF3O2/c1-18-7-9-19(10-8-18)26(34)33(20-13-15-32(16-14-20)40(2,37)38)24-12-11-21(17-22(24)27(35)36)39-25-6-4-3-5-23(25)28(29,30)31;1-18-7-9-19(10-8-18)26(34)33(20-13-15-32-16-14-20)24-12-11-21(17-22(24)27(35)36-2)37-25-6-4-3-5-23(25)28(29,30)31;3-2(4,5)1(6)7/h3-6,11-12,17-20H,7-10,13-16H2,1-2H3,(H,35,36);3-6,11-12,17-20,32H,7-10,13-16H2,1-2H3;(H,6,7). The van der Waals surface area contributed by atoms with E-state index in [4.69, 9.17) is 24.1 Å². The molecule has 84 heavy (non-hydrogen) atoms. The Balaban J connectivity index is 0.000000242. The zero-order chi connectivity index (χ0) is 61.9. The van der Waals surface area contributed by atoms with Gasteiger partial charge in [-0.15, -0.1) is 0 Å². The molecule has 26 heteroatoms. The van der Waals surface area contributed by atoms with E-state index in [9.17, 15) is 72.2 Å². The first-order chi connectivity index (χ1) is 39.4. The number of rotatable bonds is 13. The van der Waals surface area contributed by atoms with Gasteiger partial charge >= 0.3 is 30.5 Å². The number of anilines is 2. The number of piperidine rings is 2. The molecule has 0 bridgehead atoms. The number of halogens is 9. The molecule has 4 aliphatic rings. The molecular weight excluding hydrogens is 1150 g/mol. The van der Waals surface area contributed by atoms with Crippen molar-refractivity contribution in [3.63, 3.8) is 0 Å². The minimum Gasteiger partial charge on any atom is -0.542 e. The summed E-state index contributed by atoms with van der Waals surface area (Å²) in [4.78, 5) is 65.2. The molecule has 0 atom stereocenters. The summed E-state index contributed by atoms with van der Waals surface area (Å²) in [5, 5.41) is 21.1. The average Bonchev–Trinajstić information content (AvgIpc) is 3.14. The normalized spacial score (nSPS) is 20.2. The maximum Gasteiger partial charge on any atom is 0.430 e. The first kappa shape index (κ1) is 66.2. The molecule has 2 saturated heterocycles. The molecule has 8 rings (SSSR count). The summed E-state index contributed by atoms with van der Waals surface area (Å²) in [5.74, 6) is -5.54. The number of nitrogens with two attached hydrogens (primary N) is 1. The third-order valence-electron chi connectivity index (χ3n) is 15.4. The van der Waals surface area contributed by atoms with Gasteiger partial charge in [-0.3, -0.25) is 9.59 Å². The molecule has 0 radical (unpaired) electrons. The Hall–Kier alpha value is -6.93. The van der Waals surface area contributed by atoms with Crippen molar-refractivity contribution in [2.24, 2.45) is 23.7 Å². The summed E-state index contributed by atoms with van der Waals surface area (Å²) in [6.45, 7) is 6.44. The summed E-state index contributed by atoms with van der Waals surface area (Å²) in [6, 6.07) is 17.4. The lowest BCUT2D eigenvalue weighted by Crippen LogP contribution is -2.87. The van der Waals surface area contributed by atoms with Crippen LogP contribution in [0.3, 0.4) is 0 Å². The minimum absolute atomic E-state index is 0.0000356. The molecule has 3 N–H and O–H groups in total. The molecule has 0 aromatic heterocycles. The number of aromatic carboxylic acids is 1. The Morgan fingerprint density at radius 3 is 1.35 bits per heavy atom. The molecule has 16 nitrogen and oxygen atoms in total. The number of carbonyl (C=O) groups excluding carboxylic acids is 4. The van der Waals surface area contributed by atoms with Crippen LogP contribution >= 0.6 is 0 Å². The Morgan fingerprint density at radius 2 is 0.976 bits per heavy atom. The topological polar surface area (TPSA) is 217 Å². The van der Waals surface area contributed by atoms with Gasteiger partial charge in [-0.25, -0.2) is 22.3 Å². The predicted octanol–water partition coefficient (Wildman–Crippen LogP) is 10.2. The lowest BCUT2D eigenvalue weighted by Gasteiger charge is -2.40. The maximum absolute atomic E-state index is 13.9. The monoisotopic (exact) mass is 1210 g/mol. The highest BCUT2D eigenvalue weighted by Crippen LogP contribution is 2.43. The molecule has 2 amide bonds. The molecule has 0 unspecified atom stereocenters. The first-order valence-electron chi connectivity index (χ1n) is 27.4. The lowest BCUT2D eigenvalue weighted by molar-refractivity contribution is -0.662. The molecule has 4 aromatic carbocycles. The number of quaternary nitrogens is 1. The van der Waals surface area contributed by atoms with E-state index in [-0.39, 0.29) is 76.8 Å². The number of esters is 1. The largest absolute Gasteiger partial charge is 0.542 e. The fourth-order valence-electron chi connectivity index (χ4n) is 10.9. The number of para-hydroxylation sites is 2. The Morgan fingerprint density at radius 1 is 0.595 bits per heavy atom. The smallest absolute Gasteiger partial charge is 0.430 e. The number of hydrogen-bond donors (Lipinski definition) is 2. The van der Waals surface area contributed by atoms with E-state index >= 15 is 0 Å². The summed E-state index contributed by atoms with van der Waals surface area (Å²) in [5.41, 5.74) is -1.58. The number of hydrogen-bond acceptors (Lipinski definition) is 11.